The smallest absolute Gasteiger partial charge is 0.255 e. The van der Waals surface area contributed by atoms with Crippen LogP contribution in [0.1, 0.15) is 40.7 Å². The standard InChI is InChI=1S/C22H25N3O2/c1-17-5-2-6-18(13-17)15-24-11-4-8-22(21(24)27)9-12-25(16-22)20(26)19-7-3-10-23-14-19/h2-3,5-7,10,13-14H,4,8-9,11-12,15-16H2,1H3. The molecule has 4 rings (SSSR count). The Bertz CT molecular complexity index is 852. The molecule has 0 radical (unpaired) electrons. The summed E-state index contributed by atoms with van der Waals surface area (Å²) in [6.45, 7) is 4.67. The largest absolute Gasteiger partial charge is 0.338 e. The number of aromatic nitrogens is 1. The molecule has 3 heterocycles. The quantitative estimate of drug-likeness (QED) is 0.842. The number of amides is 2. The lowest BCUT2D eigenvalue weighted by molar-refractivity contribution is -0.146. The van der Waals surface area contributed by atoms with E-state index in [0.29, 0.717) is 25.2 Å². The maximum atomic E-state index is 13.3. The van der Waals surface area contributed by atoms with Crippen molar-refractivity contribution in [1.82, 2.24) is 14.8 Å². The SMILES string of the molecule is Cc1cccc(CN2CCCC3(CCN(C(=O)c4cccnc4)C3)C2=O)c1. The molecule has 5 heteroatoms. The third-order valence-corrected chi connectivity index (χ3v) is 5.83. The summed E-state index contributed by atoms with van der Waals surface area (Å²) in [4.78, 5) is 33.9. The molecule has 1 atom stereocenters. The van der Waals surface area contributed by atoms with E-state index >= 15 is 0 Å². The number of likely N-dealkylation sites (tertiary alicyclic amines) is 2. The molecule has 5 nitrogen and oxygen atoms in total. The highest BCUT2D eigenvalue weighted by molar-refractivity contribution is 5.95. The lowest BCUT2D eigenvalue weighted by Crippen LogP contribution is -2.50. The first-order chi connectivity index (χ1) is 13.1. The van der Waals surface area contributed by atoms with E-state index in [1.54, 1.807) is 24.5 Å². The van der Waals surface area contributed by atoms with Crippen LogP contribution in [0.2, 0.25) is 0 Å². The summed E-state index contributed by atoms with van der Waals surface area (Å²) in [6.07, 6.45) is 5.87. The second-order valence-corrected chi connectivity index (χ2v) is 7.82. The predicted molar refractivity (Wildman–Crippen MR) is 103 cm³/mol. The number of pyridine rings is 1. The third kappa shape index (κ3) is 3.46. The fraction of sp³-hybridized carbons (Fsp3) is 0.409. The molecule has 1 aromatic heterocycles. The van der Waals surface area contributed by atoms with E-state index in [-0.39, 0.29) is 11.8 Å². The fourth-order valence-corrected chi connectivity index (χ4v) is 4.43. The summed E-state index contributed by atoms with van der Waals surface area (Å²) in [5.41, 5.74) is 2.55. The van der Waals surface area contributed by atoms with Crippen molar-refractivity contribution in [2.24, 2.45) is 5.41 Å². The number of nitrogens with zero attached hydrogens (tertiary/aromatic N) is 3. The van der Waals surface area contributed by atoms with Crippen LogP contribution in [-0.4, -0.2) is 46.2 Å². The molecule has 0 bridgehead atoms. The third-order valence-electron chi connectivity index (χ3n) is 5.83. The summed E-state index contributed by atoms with van der Waals surface area (Å²) in [7, 11) is 0. The first-order valence-corrected chi connectivity index (χ1v) is 9.62. The van der Waals surface area contributed by atoms with Crippen molar-refractivity contribution in [3.63, 3.8) is 0 Å². The molecule has 27 heavy (non-hydrogen) atoms. The van der Waals surface area contributed by atoms with E-state index in [9.17, 15) is 9.59 Å². The molecule has 2 aromatic rings. The first kappa shape index (κ1) is 17.7. The average Bonchev–Trinajstić information content (AvgIpc) is 3.11. The van der Waals surface area contributed by atoms with Crippen LogP contribution >= 0.6 is 0 Å². The topological polar surface area (TPSA) is 53.5 Å². The van der Waals surface area contributed by atoms with Crippen LogP contribution in [0.5, 0.6) is 0 Å². The number of piperidine rings is 1. The Kier molecular flexibility index (Phi) is 4.68. The van der Waals surface area contributed by atoms with Crippen LogP contribution in [0.4, 0.5) is 0 Å². The predicted octanol–water partition coefficient (Wildman–Crippen LogP) is 3.04. The van der Waals surface area contributed by atoms with Crippen molar-refractivity contribution >= 4 is 11.8 Å². The monoisotopic (exact) mass is 363 g/mol. The molecule has 2 saturated heterocycles. The summed E-state index contributed by atoms with van der Waals surface area (Å²) < 4.78 is 0. The van der Waals surface area contributed by atoms with Crippen LogP contribution < -0.4 is 0 Å². The van der Waals surface area contributed by atoms with E-state index in [1.807, 2.05) is 15.9 Å². The van der Waals surface area contributed by atoms with Gasteiger partial charge in [-0.15, -0.1) is 0 Å². The molecular weight excluding hydrogens is 338 g/mol. The number of rotatable bonds is 3. The highest BCUT2D eigenvalue weighted by atomic mass is 16.2. The summed E-state index contributed by atoms with van der Waals surface area (Å²) in [5.74, 6) is 0.181. The van der Waals surface area contributed by atoms with Crippen LogP contribution in [0, 0.1) is 12.3 Å². The number of carbonyl (C=O) groups excluding carboxylic acids is 2. The van der Waals surface area contributed by atoms with Crippen LogP contribution in [0.25, 0.3) is 0 Å². The van der Waals surface area contributed by atoms with Crippen molar-refractivity contribution in [2.45, 2.75) is 32.7 Å². The van der Waals surface area contributed by atoms with Gasteiger partial charge in [0.05, 0.1) is 11.0 Å². The maximum Gasteiger partial charge on any atom is 0.255 e. The molecule has 2 aliphatic heterocycles. The molecule has 2 fully saturated rings. The Morgan fingerprint density at radius 3 is 2.85 bits per heavy atom. The van der Waals surface area contributed by atoms with Gasteiger partial charge in [-0.1, -0.05) is 29.8 Å². The van der Waals surface area contributed by atoms with E-state index in [4.69, 9.17) is 0 Å². The van der Waals surface area contributed by atoms with E-state index < -0.39 is 5.41 Å². The number of hydrogen-bond donors (Lipinski definition) is 0. The van der Waals surface area contributed by atoms with Gasteiger partial charge in [-0.2, -0.15) is 0 Å². The lowest BCUT2D eigenvalue weighted by Gasteiger charge is -2.39. The normalized spacial score (nSPS) is 22.5. The van der Waals surface area contributed by atoms with Gasteiger partial charge in [0.2, 0.25) is 5.91 Å². The highest BCUT2D eigenvalue weighted by Crippen LogP contribution is 2.40. The Hall–Kier alpha value is -2.69. The summed E-state index contributed by atoms with van der Waals surface area (Å²) in [6, 6.07) is 11.9. The van der Waals surface area contributed by atoms with E-state index in [1.165, 1.54) is 11.1 Å². The molecule has 1 unspecified atom stereocenters. The fourth-order valence-electron chi connectivity index (χ4n) is 4.43. The minimum Gasteiger partial charge on any atom is -0.338 e. The summed E-state index contributed by atoms with van der Waals surface area (Å²) >= 11 is 0. The Labute approximate surface area is 160 Å². The number of carbonyl (C=O) groups is 2. The van der Waals surface area contributed by atoms with Crippen LogP contribution in [0.3, 0.4) is 0 Å². The van der Waals surface area contributed by atoms with Gasteiger partial charge in [0.15, 0.2) is 0 Å². The molecule has 0 saturated carbocycles. The molecule has 2 aliphatic rings. The molecule has 0 aliphatic carbocycles. The molecule has 0 N–H and O–H groups in total. The molecule has 1 aromatic carbocycles. The molecular formula is C22H25N3O2. The van der Waals surface area contributed by atoms with Gasteiger partial charge in [0, 0.05) is 38.6 Å². The highest BCUT2D eigenvalue weighted by Gasteiger charge is 2.49. The average molecular weight is 363 g/mol. The van der Waals surface area contributed by atoms with Gasteiger partial charge in [-0.25, -0.2) is 0 Å². The van der Waals surface area contributed by atoms with E-state index in [2.05, 4.69) is 30.1 Å². The second kappa shape index (κ2) is 7.14. The van der Waals surface area contributed by atoms with Gasteiger partial charge < -0.3 is 9.80 Å². The Morgan fingerprint density at radius 1 is 1.19 bits per heavy atom. The minimum atomic E-state index is -0.417. The van der Waals surface area contributed by atoms with Crippen LogP contribution in [-0.2, 0) is 11.3 Å². The van der Waals surface area contributed by atoms with Gasteiger partial charge in [0.1, 0.15) is 0 Å². The van der Waals surface area contributed by atoms with Gasteiger partial charge in [0.25, 0.3) is 5.91 Å². The van der Waals surface area contributed by atoms with Gasteiger partial charge in [-0.05, 0) is 43.9 Å². The van der Waals surface area contributed by atoms with Crippen molar-refractivity contribution < 1.29 is 9.59 Å². The summed E-state index contributed by atoms with van der Waals surface area (Å²) in [5, 5.41) is 0. The zero-order chi connectivity index (χ0) is 18.9. The number of aryl methyl sites for hydroxylation is 1. The van der Waals surface area contributed by atoms with Gasteiger partial charge >= 0.3 is 0 Å². The minimum absolute atomic E-state index is 0.0245. The second-order valence-electron chi connectivity index (χ2n) is 7.82. The van der Waals surface area contributed by atoms with Crippen molar-refractivity contribution in [2.75, 3.05) is 19.6 Å². The lowest BCUT2D eigenvalue weighted by atomic mass is 9.78. The van der Waals surface area contributed by atoms with Gasteiger partial charge in [-0.3, -0.25) is 14.6 Å². The zero-order valence-electron chi connectivity index (χ0n) is 15.7. The van der Waals surface area contributed by atoms with Crippen LogP contribution in [0.15, 0.2) is 48.8 Å². The first-order valence-electron chi connectivity index (χ1n) is 9.62. The molecule has 140 valence electrons. The molecule has 2 amide bonds. The molecule has 1 spiro atoms. The number of benzene rings is 1. The maximum absolute atomic E-state index is 13.3. The Morgan fingerprint density at radius 2 is 2.07 bits per heavy atom. The number of hydrogen-bond acceptors (Lipinski definition) is 3. The van der Waals surface area contributed by atoms with Crippen molar-refractivity contribution in [3.05, 3.63) is 65.5 Å². The zero-order valence-corrected chi connectivity index (χ0v) is 15.7. The van der Waals surface area contributed by atoms with E-state index in [0.717, 1.165) is 25.8 Å². The van der Waals surface area contributed by atoms with Crippen molar-refractivity contribution in [3.8, 4) is 0 Å². The van der Waals surface area contributed by atoms with Crippen molar-refractivity contribution in [1.29, 1.82) is 0 Å². The Balaban J connectivity index is 1.48.